The van der Waals surface area contributed by atoms with E-state index in [0.29, 0.717) is 6.42 Å². The molecule has 3 nitrogen and oxygen atoms in total. The second kappa shape index (κ2) is 11.1. The zero-order valence-electron chi connectivity index (χ0n) is 14.1. The Morgan fingerprint density at radius 2 is 1.65 bits per heavy atom. The van der Waals surface area contributed by atoms with Crippen molar-refractivity contribution in [2.75, 3.05) is 26.7 Å². The van der Waals surface area contributed by atoms with Crippen molar-refractivity contribution in [1.29, 1.82) is 0 Å². The summed E-state index contributed by atoms with van der Waals surface area (Å²) in [7, 11) is 2.41. The summed E-state index contributed by atoms with van der Waals surface area (Å²) in [5.74, 6) is -1.11. The summed E-state index contributed by atoms with van der Waals surface area (Å²) >= 11 is 0. The quantitative estimate of drug-likeness (QED) is 0.643. The smallest absolute Gasteiger partial charge is 0.0786 e. The number of rotatable bonds is 8. The number of carbonyl (C=O) groups excluding carboxylic acids is 1. The molecule has 1 fully saturated rings. The lowest BCUT2D eigenvalue weighted by Gasteiger charge is -2.28. The van der Waals surface area contributed by atoms with Gasteiger partial charge in [0, 0.05) is 18.8 Å². The maximum atomic E-state index is 10.3. The number of quaternary nitrogens is 1. The summed E-state index contributed by atoms with van der Waals surface area (Å²) < 4.78 is 1.36. The van der Waals surface area contributed by atoms with Crippen LogP contribution in [-0.4, -0.2) is 37.1 Å². The van der Waals surface area contributed by atoms with Crippen LogP contribution in [0.3, 0.4) is 0 Å². The molecule has 0 aromatic carbocycles. The molecule has 20 heavy (non-hydrogen) atoms. The van der Waals surface area contributed by atoms with Gasteiger partial charge < -0.3 is 14.4 Å². The Balaban J connectivity index is 0.000000361. The van der Waals surface area contributed by atoms with Gasteiger partial charge in [0.2, 0.25) is 0 Å². The fraction of sp³-hybridized carbons (Fsp3) is 0.941. The maximum Gasteiger partial charge on any atom is 0.0786 e. The molecule has 1 unspecified atom stereocenters. The molecule has 0 radical (unpaired) electrons. The first-order chi connectivity index (χ1) is 9.49. The van der Waals surface area contributed by atoms with Crippen LogP contribution in [-0.2, 0) is 4.79 Å². The molecular formula is C17H35NO2. The molecule has 0 aliphatic carbocycles. The van der Waals surface area contributed by atoms with Crippen LogP contribution in [0.25, 0.3) is 0 Å². The van der Waals surface area contributed by atoms with Gasteiger partial charge in [-0.25, -0.2) is 0 Å². The molecule has 1 aliphatic rings. The molecule has 0 aromatic heterocycles. The van der Waals surface area contributed by atoms with E-state index in [4.69, 9.17) is 0 Å². The first-order valence-corrected chi connectivity index (χ1v) is 8.53. The minimum absolute atomic E-state index is 0.222. The van der Waals surface area contributed by atoms with Crippen molar-refractivity contribution in [3.8, 4) is 0 Å². The van der Waals surface area contributed by atoms with Crippen molar-refractivity contribution in [2.45, 2.75) is 72.1 Å². The van der Waals surface area contributed by atoms with Gasteiger partial charge in [0.25, 0.3) is 0 Å². The van der Waals surface area contributed by atoms with Crippen molar-refractivity contribution in [3.63, 3.8) is 0 Å². The second-order valence-corrected chi connectivity index (χ2v) is 6.42. The zero-order chi connectivity index (χ0) is 15.4. The molecule has 1 rings (SSSR count). The highest BCUT2D eigenvalue weighted by Crippen LogP contribution is 2.16. The first-order valence-electron chi connectivity index (χ1n) is 8.53. The van der Waals surface area contributed by atoms with Crippen LogP contribution < -0.4 is 5.11 Å². The van der Waals surface area contributed by atoms with Crippen molar-refractivity contribution in [1.82, 2.24) is 0 Å². The number of hydrogen-bond donors (Lipinski definition) is 0. The van der Waals surface area contributed by atoms with E-state index < -0.39 is 5.97 Å². The molecule has 0 N–H and O–H groups in total. The third kappa shape index (κ3) is 8.57. The first kappa shape index (κ1) is 19.4. The Bertz CT molecular complexity index is 247. The number of nitrogens with zero attached hydrogens (tertiary/aromatic N) is 1. The summed E-state index contributed by atoms with van der Waals surface area (Å²) in [6.07, 6.45) is 9.21. The normalized spacial score (nSPS) is 18.2. The molecule has 1 heterocycles. The molecule has 1 aliphatic heterocycles. The Kier molecular flexibility index (Phi) is 10.8. The minimum atomic E-state index is -0.893. The van der Waals surface area contributed by atoms with Crippen LogP contribution in [0.4, 0.5) is 0 Å². The summed E-state index contributed by atoms with van der Waals surface area (Å²) in [4.78, 5) is 10.3. The molecule has 1 atom stereocenters. The Morgan fingerprint density at radius 3 is 2.05 bits per heavy atom. The van der Waals surface area contributed by atoms with E-state index in [1.165, 1.54) is 49.8 Å². The molecule has 120 valence electrons. The van der Waals surface area contributed by atoms with Crippen molar-refractivity contribution in [3.05, 3.63) is 0 Å². The summed E-state index contributed by atoms with van der Waals surface area (Å²) in [6.45, 7) is 10.5. The van der Waals surface area contributed by atoms with E-state index in [1.54, 1.807) is 0 Å². The van der Waals surface area contributed by atoms with E-state index in [9.17, 15) is 9.90 Å². The number of unbranched alkanes of at least 4 members (excludes halogenated alkanes) is 2. The monoisotopic (exact) mass is 285 g/mol. The van der Waals surface area contributed by atoms with Gasteiger partial charge >= 0.3 is 0 Å². The third-order valence-corrected chi connectivity index (χ3v) is 4.43. The highest BCUT2D eigenvalue weighted by Gasteiger charge is 2.25. The standard InChI is InChI=1S/C9H20N.C8H16O2/c1-3-4-7-10(2)8-5-6-9-10;1-3-5-6-7(4-2)8(9)10/h3-9H2,1-2H3;7H,3-6H2,1-2H3,(H,9,10)/q+1;/p-1. The summed E-state index contributed by atoms with van der Waals surface area (Å²) in [6, 6.07) is 0. The van der Waals surface area contributed by atoms with Gasteiger partial charge in [-0.2, -0.15) is 0 Å². The number of carboxylic acids is 1. The fourth-order valence-corrected chi connectivity index (χ4v) is 2.80. The highest BCUT2D eigenvalue weighted by atomic mass is 16.4. The predicted molar refractivity (Wildman–Crippen MR) is 83.2 cm³/mol. The lowest BCUT2D eigenvalue weighted by atomic mass is 10.00. The molecule has 0 aromatic rings. The van der Waals surface area contributed by atoms with E-state index in [0.717, 1.165) is 19.3 Å². The molecule has 3 heteroatoms. The van der Waals surface area contributed by atoms with E-state index >= 15 is 0 Å². The molecular weight excluding hydrogens is 250 g/mol. The zero-order valence-corrected chi connectivity index (χ0v) is 14.1. The van der Waals surface area contributed by atoms with Gasteiger partial charge in [0.1, 0.15) is 0 Å². The van der Waals surface area contributed by atoms with Crippen LogP contribution in [0.2, 0.25) is 0 Å². The van der Waals surface area contributed by atoms with Gasteiger partial charge in [-0.1, -0.05) is 40.0 Å². The Morgan fingerprint density at radius 1 is 1.10 bits per heavy atom. The van der Waals surface area contributed by atoms with Gasteiger partial charge in [-0.3, -0.25) is 0 Å². The highest BCUT2D eigenvalue weighted by molar-refractivity contribution is 5.67. The van der Waals surface area contributed by atoms with Gasteiger partial charge in [0.05, 0.1) is 26.7 Å². The number of hydrogen-bond acceptors (Lipinski definition) is 2. The van der Waals surface area contributed by atoms with E-state index in [2.05, 4.69) is 20.9 Å². The molecule has 0 amide bonds. The number of carbonyl (C=O) groups is 1. The van der Waals surface area contributed by atoms with E-state index in [-0.39, 0.29) is 5.92 Å². The lowest BCUT2D eigenvalue weighted by Crippen LogP contribution is -2.41. The van der Waals surface area contributed by atoms with Crippen LogP contribution in [0.1, 0.15) is 72.1 Å². The lowest BCUT2D eigenvalue weighted by molar-refractivity contribution is -0.897. The molecule has 0 saturated carbocycles. The largest absolute Gasteiger partial charge is 0.550 e. The van der Waals surface area contributed by atoms with Crippen LogP contribution in [0, 0.1) is 5.92 Å². The Hall–Kier alpha value is -0.570. The molecule has 1 saturated heterocycles. The third-order valence-electron chi connectivity index (χ3n) is 4.43. The average Bonchev–Trinajstić information content (AvgIpc) is 2.85. The molecule has 0 spiro atoms. The second-order valence-electron chi connectivity index (χ2n) is 6.42. The van der Waals surface area contributed by atoms with Gasteiger partial charge in [-0.15, -0.1) is 0 Å². The number of aliphatic carboxylic acids is 1. The topological polar surface area (TPSA) is 40.1 Å². The number of likely N-dealkylation sites (tertiary alicyclic amines) is 1. The van der Waals surface area contributed by atoms with Crippen LogP contribution >= 0.6 is 0 Å². The van der Waals surface area contributed by atoms with E-state index in [1.807, 2.05) is 6.92 Å². The predicted octanol–water partition coefficient (Wildman–Crippen LogP) is 2.98. The average molecular weight is 285 g/mol. The molecule has 0 bridgehead atoms. The Labute approximate surface area is 126 Å². The fourth-order valence-electron chi connectivity index (χ4n) is 2.80. The number of carboxylic acid groups (broad SMARTS) is 1. The van der Waals surface area contributed by atoms with Crippen LogP contribution in [0.15, 0.2) is 0 Å². The van der Waals surface area contributed by atoms with Gasteiger partial charge in [0.15, 0.2) is 0 Å². The van der Waals surface area contributed by atoms with Crippen molar-refractivity contribution in [2.24, 2.45) is 5.92 Å². The van der Waals surface area contributed by atoms with Gasteiger partial charge in [-0.05, 0) is 25.2 Å². The summed E-state index contributed by atoms with van der Waals surface area (Å²) in [5, 5.41) is 10.3. The minimum Gasteiger partial charge on any atom is -0.550 e. The van der Waals surface area contributed by atoms with Crippen molar-refractivity contribution >= 4 is 5.97 Å². The maximum absolute atomic E-state index is 10.3. The SMILES string of the molecule is CCCCC(CC)C(=O)[O-].CCCC[N+]1(C)CCCC1. The summed E-state index contributed by atoms with van der Waals surface area (Å²) in [5.41, 5.74) is 0. The van der Waals surface area contributed by atoms with Crippen LogP contribution in [0.5, 0.6) is 0 Å². The van der Waals surface area contributed by atoms with Crippen molar-refractivity contribution < 1.29 is 14.4 Å².